The molecule has 4 heteroatoms. The molecule has 100 valence electrons. The molecule has 18 heavy (non-hydrogen) atoms. The number of carbonyl (C=O) groups is 1. The molecule has 0 aromatic heterocycles. The zero-order chi connectivity index (χ0) is 13.8. The SMILES string of the molecule is CCOc1ccc(CC(C)(C)N)cc1NC(C)=O. The first-order valence-corrected chi connectivity index (χ1v) is 6.14. The van der Waals surface area contributed by atoms with Crippen molar-refractivity contribution in [3.8, 4) is 5.75 Å². The zero-order valence-electron chi connectivity index (χ0n) is 11.5. The standard InChI is InChI=1S/C14H22N2O2/c1-5-18-13-7-6-11(9-14(3,4)15)8-12(13)16-10(2)17/h6-8H,5,9,15H2,1-4H3,(H,16,17). The van der Waals surface area contributed by atoms with Gasteiger partial charge in [-0.05, 0) is 44.9 Å². The number of ether oxygens (including phenoxy) is 1. The molecule has 0 saturated carbocycles. The van der Waals surface area contributed by atoms with Crippen LogP contribution >= 0.6 is 0 Å². The van der Waals surface area contributed by atoms with Crippen molar-refractivity contribution >= 4 is 11.6 Å². The van der Waals surface area contributed by atoms with Gasteiger partial charge in [-0.2, -0.15) is 0 Å². The summed E-state index contributed by atoms with van der Waals surface area (Å²) in [6.45, 7) is 7.90. The van der Waals surface area contributed by atoms with Crippen molar-refractivity contribution in [3.05, 3.63) is 23.8 Å². The summed E-state index contributed by atoms with van der Waals surface area (Å²) >= 11 is 0. The Bertz CT molecular complexity index is 422. The lowest BCUT2D eigenvalue weighted by atomic mass is 9.96. The Hall–Kier alpha value is -1.55. The predicted octanol–water partition coefficient (Wildman–Crippen LogP) is 2.32. The minimum Gasteiger partial charge on any atom is -0.492 e. The Balaban J connectivity index is 3.00. The quantitative estimate of drug-likeness (QED) is 0.843. The molecule has 0 fully saturated rings. The van der Waals surface area contributed by atoms with Crippen LogP contribution in [0.15, 0.2) is 18.2 Å². The number of amides is 1. The van der Waals surface area contributed by atoms with Gasteiger partial charge in [0.25, 0.3) is 0 Å². The molecule has 0 bridgehead atoms. The first kappa shape index (κ1) is 14.5. The highest BCUT2D eigenvalue weighted by Gasteiger charge is 2.14. The number of rotatable bonds is 5. The Morgan fingerprint density at radius 2 is 2.11 bits per heavy atom. The van der Waals surface area contributed by atoms with Crippen LogP contribution in [-0.2, 0) is 11.2 Å². The summed E-state index contributed by atoms with van der Waals surface area (Å²) in [6, 6.07) is 5.77. The number of nitrogens with two attached hydrogens (primary N) is 1. The number of nitrogens with one attached hydrogen (secondary N) is 1. The third kappa shape index (κ3) is 4.75. The van der Waals surface area contributed by atoms with Crippen molar-refractivity contribution in [2.45, 2.75) is 39.7 Å². The van der Waals surface area contributed by atoms with Crippen molar-refractivity contribution < 1.29 is 9.53 Å². The van der Waals surface area contributed by atoms with Gasteiger partial charge < -0.3 is 15.8 Å². The van der Waals surface area contributed by atoms with E-state index in [1.807, 2.05) is 39.0 Å². The van der Waals surface area contributed by atoms with Gasteiger partial charge in [0.1, 0.15) is 5.75 Å². The highest BCUT2D eigenvalue weighted by atomic mass is 16.5. The molecule has 1 rings (SSSR count). The van der Waals surface area contributed by atoms with Crippen LogP contribution in [0.2, 0.25) is 0 Å². The van der Waals surface area contributed by atoms with Gasteiger partial charge in [-0.3, -0.25) is 4.79 Å². The maximum absolute atomic E-state index is 11.2. The summed E-state index contributed by atoms with van der Waals surface area (Å²) in [5.41, 5.74) is 7.50. The van der Waals surface area contributed by atoms with Crippen molar-refractivity contribution in [2.24, 2.45) is 5.73 Å². The van der Waals surface area contributed by atoms with Crippen LogP contribution in [0.25, 0.3) is 0 Å². The number of carbonyl (C=O) groups excluding carboxylic acids is 1. The molecule has 0 spiro atoms. The highest BCUT2D eigenvalue weighted by Crippen LogP contribution is 2.27. The van der Waals surface area contributed by atoms with E-state index in [1.165, 1.54) is 6.92 Å². The molecule has 3 N–H and O–H groups in total. The number of anilines is 1. The van der Waals surface area contributed by atoms with Crippen LogP contribution in [0.4, 0.5) is 5.69 Å². The second-order valence-electron chi connectivity index (χ2n) is 5.11. The van der Waals surface area contributed by atoms with Gasteiger partial charge in [-0.1, -0.05) is 6.07 Å². The van der Waals surface area contributed by atoms with E-state index in [4.69, 9.17) is 10.5 Å². The summed E-state index contributed by atoms with van der Waals surface area (Å²) in [5.74, 6) is 0.575. The van der Waals surface area contributed by atoms with E-state index in [0.29, 0.717) is 18.0 Å². The first-order chi connectivity index (χ1) is 8.31. The molecule has 0 atom stereocenters. The average Bonchev–Trinajstić information content (AvgIpc) is 2.19. The first-order valence-electron chi connectivity index (χ1n) is 6.14. The van der Waals surface area contributed by atoms with Gasteiger partial charge in [0.2, 0.25) is 5.91 Å². The lowest BCUT2D eigenvalue weighted by Gasteiger charge is -2.19. The number of benzene rings is 1. The molecule has 1 aromatic rings. The molecule has 0 unspecified atom stereocenters. The molecule has 0 aliphatic carbocycles. The number of hydrogen-bond acceptors (Lipinski definition) is 3. The van der Waals surface area contributed by atoms with Crippen LogP contribution < -0.4 is 15.8 Å². The van der Waals surface area contributed by atoms with Crippen molar-refractivity contribution in [1.29, 1.82) is 0 Å². The number of hydrogen-bond donors (Lipinski definition) is 2. The Kier molecular flexibility index (Phi) is 4.73. The van der Waals surface area contributed by atoms with Crippen LogP contribution in [0.5, 0.6) is 5.75 Å². The molecular weight excluding hydrogens is 228 g/mol. The maximum Gasteiger partial charge on any atom is 0.221 e. The van der Waals surface area contributed by atoms with Crippen molar-refractivity contribution in [3.63, 3.8) is 0 Å². The van der Waals surface area contributed by atoms with E-state index in [1.54, 1.807) is 0 Å². The Labute approximate surface area is 109 Å². The van der Waals surface area contributed by atoms with E-state index >= 15 is 0 Å². The van der Waals surface area contributed by atoms with Gasteiger partial charge in [-0.15, -0.1) is 0 Å². The molecular formula is C14H22N2O2. The van der Waals surface area contributed by atoms with E-state index in [2.05, 4.69) is 5.32 Å². The topological polar surface area (TPSA) is 64.3 Å². The Morgan fingerprint density at radius 3 is 2.61 bits per heavy atom. The normalized spacial score (nSPS) is 11.2. The van der Waals surface area contributed by atoms with E-state index < -0.39 is 0 Å². The third-order valence-corrected chi connectivity index (χ3v) is 2.31. The van der Waals surface area contributed by atoms with Gasteiger partial charge in [0.05, 0.1) is 12.3 Å². The summed E-state index contributed by atoms with van der Waals surface area (Å²) in [4.78, 5) is 11.2. The van der Waals surface area contributed by atoms with E-state index in [9.17, 15) is 4.79 Å². The predicted molar refractivity (Wildman–Crippen MR) is 73.9 cm³/mol. The zero-order valence-corrected chi connectivity index (χ0v) is 11.5. The molecule has 0 aliphatic rings. The fraction of sp³-hybridized carbons (Fsp3) is 0.500. The summed E-state index contributed by atoms with van der Waals surface area (Å²) < 4.78 is 5.48. The third-order valence-electron chi connectivity index (χ3n) is 2.31. The van der Waals surface area contributed by atoms with Gasteiger partial charge >= 0.3 is 0 Å². The minimum atomic E-state index is -0.277. The van der Waals surface area contributed by atoms with Crippen LogP contribution in [0.1, 0.15) is 33.3 Å². The van der Waals surface area contributed by atoms with Crippen LogP contribution in [0, 0.1) is 0 Å². The van der Waals surface area contributed by atoms with Crippen molar-refractivity contribution in [2.75, 3.05) is 11.9 Å². The monoisotopic (exact) mass is 250 g/mol. The Morgan fingerprint density at radius 1 is 1.44 bits per heavy atom. The van der Waals surface area contributed by atoms with Crippen LogP contribution in [0.3, 0.4) is 0 Å². The molecule has 0 saturated heterocycles. The lowest BCUT2D eigenvalue weighted by Crippen LogP contribution is -2.34. The summed E-state index contributed by atoms with van der Waals surface area (Å²) in [5, 5.41) is 2.78. The molecule has 0 aliphatic heterocycles. The fourth-order valence-corrected chi connectivity index (χ4v) is 1.78. The maximum atomic E-state index is 11.2. The molecule has 0 heterocycles. The molecule has 0 radical (unpaired) electrons. The summed E-state index contributed by atoms with van der Waals surface area (Å²) in [7, 11) is 0. The van der Waals surface area contributed by atoms with Crippen molar-refractivity contribution in [1.82, 2.24) is 0 Å². The largest absolute Gasteiger partial charge is 0.492 e. The average molecular weight is 250 g/mol. The van der Waals surface area contributed by atoms with E-state index in [-0.39, 0.29) is 11.4 Å². The fourth-order valence-electron chi connectivity index (χ4n) is 1.78. The minimum absolute atomic E-state index is 0.111. The summed E-state index contributed by atoms with van der Waals surface area (Å²) in [6.07, 6.45) is 0.742. The van der Waals surface area contributed by atoms with Crippen LogP contribution in [-0.4, -0.2) is 18.1 Å². The second kappa shape index (κ2) is 5.87. The lowest BCUT2D eigenvalue weighted by molar-refractivity contribution is -0.114. The van der Waals surface area contributed by atoms with E-state index in [0.717, 1.165) is 12.0 Å². The second-order valence-corrected chi connectivity index (χ2v) is 5.11. The molecule has 1 aromatic carbocycles. The smallest absolute Gasteiger partial charge is 0.221 e. The molecule has 1 amide bonds. The van der Waals surface area contributed by atoms with Gasteiger partial charge in [0, 0.05) is 12.5 Å². The van der Waals surface area contributed by atoms with Gasteiger partial charge in [0.15, 0.2) is 0 Å². The molecule has 4 nitrogen and oxygen atoms in total. The van der Waals surface area contributed by atoms with Gasteiger partial charge in [-0.25, -0.2) is 0 Å². The highest BCUT2D eigenvalue weighted by molar-refractivity contribution is 5.90.